The summed E-state index contributed by atoms with van der Waals surface area (Å²) in [5, 5.41) is 6.89. The monoisotopic (exact) mass is 628 g/mol. The van der Waals surface area contributed by atoms with Crippen molar-refractivity contribution in [2.24, 2.45) is 0 Å². The van der Waals surface area contributed by atoms with Crippen LogP contribution in [-0.4, -0.2) is 49.2 Å². The molecule has 2 aliphatic heterocycles. The van der Waals surface area contributed by atoms with Crippen molar-refractivity contribution in [2.45, 2.75) is 61.8 Å². The van der Waals surface area contributed by atoms with Gasteiger partial charge in [-0.2, -0.15) is 0 Å². The van der Waals surface area contributed by atoms with Crippen LogP contribution in [0.3, 0.4) is 0 Å². The molecule has 2 amide bonds. The molecule has 7 rings (SSSR count). The molecule has 0 radical (unpaired) electrons. The van der Waals surface area contributed by atoms with Crippen molar-refractivity contribution in [1.29, 1.82) is 0 Å². The number of likely N-dealkylation sites (N-methyl/N-ethyl adjacent to an activating group) is 1. The minimum atomic E-state index is -3.61. The SMILES string of the molecule is CC[C@H]1COC(=O)Nc2ccc(S(=O)(=O)C3CC3)c(c2)CN(C)C(=O)[C@H](Nc2ccc3cc[nH]c(=O)c3c2)c2ccc1c(C)c2. The van der Waals surface area contributed by atoms with Gasteiger partial charge >= 0.3 is 6.09 Å². The van der Waals surface area contributed by atoms with Gasteiger partial charge in [0.2, 0.25) is 5.91 Å². The van der Waals surface area contributed by atoms with Gasteiger partial charge in [-0.05, 0) is 90.2 Å². The summed E-state index contributed by atoms with van der Waals surface area (Å²) in [5.41, 5.74) is 3.78. The van der Waals surface area contributed by atoms with Gasteiger partial charge in [0, 0.05) is 42.5 Å². The third kappa shape index (κ3) is 6.17. The van der Waals surface area contributed by atoms with Gasteiger partial charge in [0.05, 0.1) is 10.1 Å². The van der Waals surface area contributed by atoms with Crippen molar-refractivity contribution in [3.8, 4) is 0 Å². The van der Waals surface area contributed by atoms with Crippen LogP contribution in [0.25, 0.3) is 10.8 Å². The number of hydrogen-bond acceptors (Lipinski definition) is 7. The van der Waals surface area contributed by atoms with E-state index < -0.39 is 27.2 Å². The maximum Gasteiger partial charge on any atom is 0.411 e. The minimum absolute atomic E-state index is 0.0186. The highest BCUT2D eigenvalue weighted by molar-refractivity contribution is 7.92. The fourth-order valence-electron chi connectivity index (χ4n) is 5.99. The Morgan fingerprint density at radius 1 is 1.00 bits per heavy atom. The largest absolute Gasteiger partial charge is 0.449 e. The third-order valence-corrected chi connectivity index (χ3v) is 11.0. The maximum absolute atomic E-state index is 14.3. The van der Waals surface area contributed by atoms with Crippen LogP contribution < -0.4 is 16.2 Å². The van der Waals surface area contributed by atoms with E-state index in [-0.39, 0.29) is 35.4 Å². The van der Waals surface area contributed by atoms with Gasteiger partial charge < -0.3 is 19.9 Å². The lowest BCUT2D eigenvalue weighted by Gasteiger charge is -2.28. The number of rotatable bonds is 5. The number of anilines is 2. The second-order valence-electron chi connectivity index (χ2n) is 11.9. The maximum atomic E-state index is 14.3. The van der Waals surface area contributed by atoms with Crippen molar-refractivity contribution >= 4 is 44.0 Å². The first-order valence-corrected chi connectivity index (χ1v) is 16.6. The van der Waals surface area contributed by atoms with E-state index in [1.807, 2.05) is 50.2 Å². The molecule has 0 spiro atoms. The molecule has 4 bridgehead atoms. The summed E-state index contributed by atoms with van der Waals surface area (Å²) in [4.78, 5) is 43.9. The van der Waals surface area contributed by atoms with E-state index in [0.29, 0.717) is 40.7 Å². The molecule has 234 valence electrons. The molecular weight excluding hydrogens is 592 g/mol. The predicted molar refractivity (Wildman–Crippen MR) is 173 cm³/mol. The normalized spacial score (nSPS) is 19.3. The van der Waals surface area contributed by atoms with E-state index in [2.05, 4.69) is 15.6 Å². The lowest BCUT2D eigenvalue weighted by atomic mass is 9.90. The predicted octanol–water partition coefficient (Wildman–Crippen LogP) is 5.64. The quantitative estimate of drug-likeness (QED) is 0.260. The molecule has 1 fully saturated rings. The zero-order valence-electron chi connectivity index (χ0n) is 25.4. The van der Waals surface area contributed by atoms with Crippen molar-refractivity contribution in [3.63, 3.8) is 0 Å². The number of carbonyl (C=O) groups excluding carboxylic acids is 2. The van der Waals surface area contributed by atoms with E-state index in [9.17, 15) is 22.8 Å². The first-order chi connectivity index (χ1) is 21.5. The number of fused-ring (bicyclic) bond motifs is 10. The highest BCUT2D eigenvalue weighted by Crippen LogP contribution is 2.37. The van der Waals surface area contributed by atoms with Crippen molar-refractivity contribution in [3.05, 3.63) is 99.5 Å². The topological polar surface area (TPSA) is 138 Å². The molecule has 0 saturated heterocycles. The Labute approximate surface area is 261 Å². The van der Waals surface area contributed by atoms with Gasteiger partial charge in [0.25, 0.3) is 5.56 Å². The zero-order chi connectivity index (χ0) is 31.9. The number of benzene rings is 3. The van der Waals surface area contributed by atoms with E-state index in [0.717, 1.165) is 22.9 Å². The average molecular weight is 629 g/mol. The van der Waals surface area contributed by atoms with Crippen molar-refractivity contribution < 1.29 is 22.7 Å². The average Bonchev–Trinajstić information content (AvgIpc) is 3.87. The Balaban J connectivity index is 1.45. The van der Waals surface area contributed by atoms with E-state index in [1.54, 1.807) is 31.4 Å². The fraction of sp³-hybridized carbons (Fsp3) is 0.324. The van der Waals surface area contributed by atoms with Gasteiger partial charge in [-0.1, -0.05) is 31.2 Å². The molecule has 2 atom stereocenters. The molecule has 10 nitrogen and oxygen atoms in total. The molecule has 1 saturated carbocycles. The van der Waals surface area contributed by atoms with Gasteiger partial charge in [-0.3, -0.25) is 14.9 Å². The van der Waals surface area contributed by atoms with E-state index >= 15 is 0 Å². The summed E-state index contributed by atoms with van der Waals surface area (Å²) in [6, 6.07) is 16.8. The van der Waals surface area contributed by atoms with Crippen LogP contribution in [0, 0.1) is 6.92 Å². The second-order valence-corrected chi connectivity index (χ2v) is 14.1. The molecule has 3 aromatic carbocycles. The van der Waals surface area contributed by atoms with E-state index in [4.69, 9.17) is 4.74 Å². The Morgan fingerprint density at radius 3 is 2.53 bits per heavy atom. The lowest BCUT2D eigenvalue weighted by Crippen LogP contribution is -2.35. The van der Waals surface area contributed by atoms with Crippen LogP contribution in [0.5, 0.6) is 0 Å². The van der Waals surface area contributed by atoms with Crippen LogP contribution in [-0.2, 0) is 25.9 Å². The second kappa shape index (κ2) is 12.0. The standard InChI is InChI=1S/C34H36N4O6S/c1-4-21-19-44-34(41)37-25-8-12-30(45(42,43)27-9-10-27)24(16-25)18-38(3)33(40)31(23-6-11-28(21)20(2)15-23)36-26-7-5-22-13-14-35-32(39)29(22)17-26/h5-8,11-17,21,27,31,36H,4,9-10,18-19H2,1-3H3,(H,35,39)(H,37,41)/t21-,31+/m0/s1. The number of carbonyl (C=O) groups is 2. The highest BCUT2D eigenvalue weighted by Gasteiger charge is 2.38. The number of ether oxygens (including phenoxy) is 1. The molecule has 1 aromatic heterocycles. The Morgan fingerprint density at radius 2 is 1.80 bits per heavy atom. The number of aromatic amines is 1. The molecule has 1 aliphatic carbocycles. The Kier molecular flexibility index (Phi) is 8.13. The number of sulfone groups is 1. The van der Waals surface area contributed by atoms with Gasteiger partial charge in [-0.15, -0.1) is 0 Å². The van der Waals surface area contributed by atoms with Crippen LogP contribution in [0.4, 0.5) is 16.2 Å². The summed E-state index contributed by atoms with van der Waals surface area (Å²) < 4.78 is 32.4. The molecule has 3 heterocycles. The molecule has 0 unspecified atom stereocenters. The Bertz CT molecular complexity index is 1970. The summed E-state index contributed by atoms with van der Waals surface area (Å²) >= 11 is 0. The molecule has 11 heteroatoms. The highest BCUT2D eigenvalue weighted by atomic mass is 32.2. The van der Waals surface area contributed by atoms with Gasteiger partial charge in [0.1, 0.15) is 12.6 Å². The van der Waals surface area contributed by atoms with Crippen LogP contribution in [0.15, 0.2) is 76.6 Å². The van der Waals surface area contributed by atoms with Crippen LogP contribution in [0.1, 0.15) is 60.4 Å². The van der Waals surface area contributed by atoms with Crippen molar-refractivity contribution in [2.75, 3.05) is 24.3 Å². The first kappa shape index (κ1) is 30.4. The molecule has 3 N–H and O–H groups in total. The first-order valence-electron chi connectivity index (χ1n) is 15.1. The third-order valence-electron chi connectivity index (χ3n) is 8.67. The number of hydrogen-bond donors (Lipinski definition) is 3. The van der Waals surface area contributed by atoms with Crippen LogP contribution >= 0.6 is 0 Å². The summed E-state index contributed by atoms with van der Waals surface area (Å²) in [7, 11) is -1.98. The lowest BCUT2D eigenvalue weighted by molar-refractivity contribution is -0.131. The summed E-state index contributed by atoms with van der Waals surface area (Å²) in [6.45, 7) is 4.12. The molecule has 45 heavy (non-hydrogen) atoms. The molecule has 3 aliphatic rings. The zero-order valence-corrected chi connectivity index (χ0v) is 26.2. The van der Waals surface area contributed by atoms with Crippen molar-refractivity contribution in [1.82, 2.24) is 9.88 Å². The molecular formula is C34H36N4O6S. The van der Waals surface area contributed by atoms with Gasteiger partial charge in [0.15, 0.2) is 9.84 Å². The minimum Gasteiger partial charge on any atom is -0.449 e. The van der Waals surface area contributed by atoms with Gasteiger partial charge in [-0.25, -0.2) is 13.2 Å². The van der Waals surface area contributed by atoms with E-state index in [1.165, 1.54) is 11.0 Å². The number of amides is 2. The number of aryl methyl sites for hydroxylation is 1. The number of nitrogens with zero attached hydrogens (tertiary/aromatic N) is 1. The summed E-state index contributed by atoms with van der Waals surface area (Å²) in [6.07, 6.45) is 2.87. The number of nitrogens with one attached hydrogen (secondary N) is 3. The number of aromatic nitrogens is 1. The van der Waals surface area contributed by atoms with Crippen LogP contribution in [0.2, 0.25) is 0 Å². The Hall–Kier alpha value is -4.64. The smallest absolute Gasteiger partial charge is 0.411 e. The molecule has 4 aromatic rings. The number of H-pyrrole nitrogens is 1. The fourth-order valence-corrected chi connectivity index (χ4v) is 7.85. The number of pyridine rings is 1. The summed E-state index contributed by atoms with van der Waals surface area (Å²) in [5.74, 6) is -0.368.